The average Bonchev–Trinajstić information content (AvgIpc) is 2.28. The highest BCUT2D eigenvalue weighted by molar-refractivity contribution is 7.89. The van der Waals surface area contributed by atoms with Gasteiger partial charge in [0.2, 0.25) is 10.0 Å². The third-order valence-corrected chi connectivity index (χ3v) is 4.72. The van der Waals surface area contributed by atoms with Crippen LogP contribution in [0.25, 0.3) is 0 Å². The molecule has 0 radical (unpaired) electrons. The molecule has 0 saturated carbocycles. The Morgan fingerprint density at radius 2 is 1.95 bits per heavy atom. The molecule has 1 rings (SSSR count). The number of benzene rings is 1. The van der Waals surface area contributed by atoms with Crippen molar-refractivity contribution in [3.8, 4) is 0 Å². The monoisotopic (exact) mass is 305 g/mol. The lowest BCUT2D eigenvalue weighted by atomic mass is 10.1. The number of hydrogen-bond acceptors (Lipinski definition) is 3. The van der Waals surface area contributed by atoms with Gasteiger partial charge in [0, 0.05) is 5.02 Å². The minimum atomic E-state index is -3.92. The lowest BCUT2D eigenvalue weighted by Gasteiger charge is -2.19. The van der Waals surface area contributed by atoms with E-state index < -0.39 is 22.0 Å². The number of halogens is 1. The summed E-state index contributed by atoms with van der Waals surface area (Å²) in [7, 11) is -3.92. The van der Waals surface area contributed by atoms with E-state index in [4.69, 9.17) is 16.7 Å². The molecule has 0 aromatic heterocycles. The van der Waals surface area contributed by atoms with Crippen LogP contribution in [0.5, 0.6) is 0 Å². The van der Waals surface area contributed by atoms with E-state index in [1.54, 1.807) is 26.8 Å². The predicted octanol–water partition coefficient (Wildman–Crippen LogP) is 2.04. The van der Waals surface area contributed by atoms with Crippen molar-refractivity contribution in [1.29, 1.82) is 0 Å². The Labute approximate surface area is 117 Å². The van der Waals surface area contributed by atoms with Gasteiger partial charge in [-0.1, -0.05) is 31.5 Å². The van der Waals surface area contributed by atoms with Crippen LogP contribution in [0.15, 0.2) is 23.1 Å². The molecule has 0 aliphatic heterocycles. The van der Waals surface area contributed by atoms with Crippen LogP contribution in [0.1, 0.15) is 19.4 Å². The van der Waals surface area contributed by atoms with Gasteiger partial charge in [0.25, 0.3) is 0 Å². The highest BCUT2D eigenvalue weighted by Crippen LogP contribution is 2.23. The summed E-state index contributed by atoms with van der Waals surface area (Å²) in [5.41, 5.74) is 0.393. The lowest BCUT2D eigenvalue weighted by molar-refractivity contribution is -0.140. The first-order valence-electron chi connectivity index (χ1n) is 5.67. The first kappa shape index (κ1) is 15.9. The first-order valence-corrected chi connectivity index (χ1v) is 7.53. The smallest absolute Gasteiger partial charge is 0.322 e. The molecule has 0 amide bonds. The molecular weight excluding hydrogens is 290 g/mol. The number of carboxylic acids is 1. The number of nitrogens with one attached hydrogen (secondary N) is 1. The Kier molecular flexibility index (Phi) is 4.95. The molecule has 19 heavy (non-hydrogen) atoms. The van der Waals surface area contributed by atoms with Gasteiger partial charge in [-0.2, -0.15) is 4.72 Å². The highest BCUT2D eigenvalue weighted by Gasteiger charge is 2.29. The summed E-state index contributed by atoms with van der Waals surface area (Å²) in [6.07, 6.45) is 0. The van der Waals surface area contributed by atoms with E-state index in [0.29, 0.717) is 10.6 Å². The molecule has 1 atom stereocenters. The van der Waals surface area contributed by atoms with Crippen LogP contribution in [-0.4, -0.2) is 25.5 Å². The molecule has 0 bridgehead atoms. The van der Waals surface area contributed by atoms with Crippen molar-refractivity contribution in [3.63, 3.8) is 0 Å². The Hall–Kier alpha value is -1.11. The zero-order chi connectivity index (χ0) is 14.8. The Morgan fingerprint density at radius 3 is 2.42 bits per heavy atom. The van der Waals surface area contributed by atoms with Gasteiger partial charge in [-0.25, -0.2) is 8.42 Å². The molecule has 0 aliphatic rings. The van der Waals surface area contributed by atoms with Crippen molar-refractivity contribution < 1.29 is 18.3 Å². The Morgan fingerprint density at radius 1 is 1.37 bits per heavy atom. The van der Waals surface area contributed by atoms with Gasteiger partial charge < -0.3 is 5.11 Å². The topological polar surface area (TPSA) is 83.5 Å². The predicted molar refractivity (Wildman–Crippen MR) is 72.8 cm³/mol. The number of sulfonamides is 1. The van der Waals surface area contributed by atoms with Crippen LogP contribution in [-0.2, 0) is 14.8 Å². The van der Waals surface area contributed by atoms with Gasteiger partial charge >= 0.3 is 5.97 Å². The molecule has 2 N–H and O–H groups in total. The number of aliphatic carboxylic acids is 1. The molecule has 0 aliphatic carbocycles. The Balaban J connectivity index is 3.18. The maximum absolute atomic E-state index is 12.2. The summed E-state index contributed by atoms with van der Waals surface area (Å²) in [6.45, 7) is 4.83. The van der Waals surface area contributed by atoms with E-state index in [1.165, 1.54) is 12.1 Å². The summed E-state index contributed by atoms with van der Waals surface area (Å²) in [4.78, 5) is 11.0. The van der Waals surface area contributed by atoms with E-state index in [2.05, 4.69) is 4.72 Å². The van der Waals surface area contributed by atoms with Crippen molar-refractivity contribution in [2.75, 3.05) is 0 Å². The van der Waals surface area contributed by atoms with Crippen molar-refractivity contribution in [2.45, 2.75) is 31.7 Å². The second-order valence-electron chi connectivity index (χ2n) is 4.54. The molecule has 0 saturated heterocycles. The van der Waals surface area contributed by atoms with E-state index in [9.17, 15) is 13.2 Å². The minimum Gasteiger partial charge on any atom is -0.480 e. The standard InChI is InChI=1S/C12H16ClNO4S/c1-7(2)11(12(15)16)14-19(17,18)10-6-4-5-9(13)8(10)3/h4-7,11,14H,1-3H3,(H,15,16)/t11-/m0/s1. The molecule has 0 unspecified atom stereocenters. The molecule has 1 aromatic rings. The van der Waals surface area contributed by atoms with Crippen LogP contribution in [0.2, 0.25) is 5.02 Å². The van der Waals surface area contributed by atoms with Crippen LogP contribution in [0.3, 0.4) is 0 Å². The van der Waals surface area contributed by atoms with Gasteiger partial charge in [0.15, 0.2) is 0 Å². The summed E-state index contributed by atoms with van der Waals surface area (Å²) < 4.78 is 26.6. The average molecular weight is 306 g/mol. The quantitative estimate of drug-likeness (QED) is 0.872. The molecule has 0 fully saturated rings. The summed E-state index contributed by atoms with van der Waals surface area (Å²) in [5.74, 6) is -1.58. The van der Waals surface area contributed by atoms with Gasteiger partial charge in [-0.05, 0) is 30.5 Å². The highest BCUT2D eigenvalue weighted by atomic mass is 35.5. The van der Waals surface area contributed by atoms with Gasteiger partial charge in [0.1, 0.15) is 6.04 Å². The third-order valence-electron chi connectivity index (χ3n) is 2.72. The van der Waals surface area contributed by atoms with E-state index in [1.807, 2.05) is 0 Å². The maximum Gasteiger partial charge on any atom is 0.322 e. The number of rotatable bonds is 5. The van der Waals surface area contributed by atoms with Crippen molar-refractivity contribution in [3.05, 3.63) is 28.8 Å². The zero-order valence-corrected chi connectivity index (χ0v) is 12.4. The van der Waals surface area contributed by atoms with Crippen molar-refractivity contribution in [2.24, 2.45) is 5.92 Å². The molecule has 5 nitrogen and oxygen atoms in total. The SMILES string of the molecule is Cc1c(Cl)cccc1S(=O)(=O)N[C@H](C(=O)O)C(C)C. The fourth-order valence-electron chi connectivity index (χ4n) is 1.58. The van der Waals surface area contributed by atoms with Gasteiger partial charge in [-0.15, -0.1) is 0 Å². The summed E-state index contributed by atoms with van der Waals surface area (Å²) in [5, 5.41) is 9.34. The second-order valence-corrected chi connectivity index (χ2v) is 6.63. The second kappa shape index (κ2) is 5.90. The molecule has 1 aromatic carbocycles. The normalized spacial score (nSPS) is 13.5. The summed E-state index contributed by atoms with van der Waals surface area (Å²) in [6, 6.07) is 3.30. The van der Waals surface area contributed by atoms with Crippen molar-refractivity contribution >= 4 is 27.6 Å². The fourth-order valence-corrected chi connectivity index (χ4v) is 3.42. The first-order chi connectivity index (χ1) is 8.66. The zero-order valence-electron chi connectivity index (χ0n) is 10.8. The lowest BCUT2D eigenvalue weighted by Crippen LogP contribution is -2.44. The van der Waals surface area contributed by atoms with E-state index in [0.717, 1.165) is 0 Å². The van der Waals surface area contributed by atoms with Crippen LogP contribution >= 0.6 is 11.6 Å². The van der Waals surface area contributed by atoms with Crippen LogP contribution < -0.4 is 4.72 Å². The van der Waals surface area contributed by atoms with Crippen LogP contribution in [0, 0.1) is 12.8 Å². The summed E-state index contributed by atoms with van der Waals surface area (Å²) >= 11 is 5.87. The third kappa shape index (κ3) is 3.68. The fraction of sp³-hybridized carbons (Fsp3) is 0.417. The Bertz CT molecular complexity index is 583. The molecule has 0 heterocycles. The number of carboxylic acid groups (broad SMARTS) is 1. The number of carbonyl (C=O) groups is 1. The maximum atomic E-state index is 12.2. The van der Waals surface area contributed by atoms with E-state index >= 15 is 0 Å². The largest absolute Gasteiger partial charge is 0.480 e. The molecule has 106 valence electrons. The van der Waals surface area contributed by atoms with Crippen molar-refractivity contribution in [1.82, 2.24) is 4.72 Å². The molecule has 0 spiro atoms. The number of hydrogen-bond donors (Lipinski definition) is 2. The van der Waals surface area contributed by atoms with Gasteiger partial charge in [-0.3, -0.25) is 4.79 Å². The van der Waals surface area contributed by atoms with E-state index in [-0.39, 0.29) is 10.8 Å². The molecular formula is C12H16ClNO4S. The minimum absolute atomic E-state index is 0.00750. The molecule has 7 heteroatoms. The van der Waals surface area contributed by atoms with Gasteiger partial charge in [0.05, 0.1) is 4.90 Å². The van der Waals surface area contributed by atoms with Crippen LogP contribution in [0.4, 0.5) is 0 Å².